The molecule has 0 aliphatic rings. The molecule has 0 saturated carbocycles. The third kappa shape index (κ3) is 2.00. The number of fused-ring (bicyclic) bond motifs is 1. The normalized spacial score (nSPS) is 10.6. The first kappa shape index (κ1) is 13.0. The van der Waals surface area contributed by atoms with E-state index in [4.69, 9.17) is 16.0 Å². The zero-order valence-electron chi connectivity index (χ0n) is 9.76. The quantitative estimate of drug-likeness (QED) is 0.666. The third-order valence-electron chi connectivity index (χ3n) is 2.80. The summed E-state index contributed by atoms with van der Waals surface area (Å²) in [6.07, 6.45) is 0. The molecular formula is C13H12Cl2N2O. The molecule has 0 aliphatic heterocycles. The second-order valence-electron chi connectivity index (χ2n) is 3.88. The molecule has 0 unspecified atom stereocenters. The number of benzene rings is 1. The highest BCUT2D eigenvalue weighted by Crippen LogP contribution is 2.25. The lowest BCUT2D eigenvalue weighted by Crippen LogP contribution is -1.90. The molecule has 94 valence electrons. The average molecular weight is 283 g/mol. The fraction of sp³-hybridized carbons (Fsp3) is 0.154. The molecule has 0 fully saturated rings. The van der Waals surface area contributed by atoms with E-state index in [0.717, 1.165) is 28.4 Å². The fourth-order valence-corrected chi connectivity index (χ4v) is 2.08. The van der Waals surface area contributed by atoms with Crippen molar-refractivity contribution in [1.29, 1.82) is 0 Å². The van der Waals surface area contributed by atoms with Gasteiger partial charge in [-0.25, -0.2) is 4.98 Å². The minimum atomic E-state index is 0. The van der Waals surface area contributed by atoms with Crippen LogP contribution >= 0.6 is 24.0 Å². The highest BCUT2D eigenvalue weighted by atomic mass is 35.5. The first-order valence-electron chi connectivity index (χ1n) is 5.36. The average Bonchev–Trinajstić information content (AvgIpc) is 2.95. The van der Waals surface area contributed by atoms with E-state index in [1.54, 1.807) is 0 Å². The summed E-state index contributed by atoms with van der Waals surface area (Å²) in [6.45, 7) is 0. The van der Waals surface area contributed by atoms with Crippen molar-refractivity contribution in [1.82, 2.24) is 9.55 Å². The van der Waals surface area contributed by atoms with Gasteiger partial charge in [0, 0.05) is 7.05 Å². The van der Waals surface area contributed by atoms with Gasteiger partial charge < -0.3 is 8.98 Å². The Labute approximate surface area is 116 Å². The lowest BCUT2D eigenvalue weighted by molar-refractivity contribution is 0.537. The molecule has 2 heterocycles. The Morgan fingerprint density at radius 3 is 2.67 bits per heavy atom. The zero-order valence-corrected chi connectivity index (χ0v) is 11.3. The minimum Gasteiger partial charge on any atom is -0.457 e. The van der Waals surface area contributed by atoms with Crippen molar-refractivity contribution < 1.29 is 4.42 Å². The number of furan rings is 1. The summed E-state index contributed by atoms with van der Waals surface area (Å²) in [4.78, 5) is 4.56. The number of hydrogen-bond acceptors (Lipinski definition) is 2. The smallest absolute Gasteiger partial charge is 0.176 e. The number of para-hydroxylation sites is 2. The van der Waals surface area contributed by atoms with Crippen LogP contribution in [0.5, 0.6) is 0 Å². The van der Waals surface area contributed by atoms with Crippen LogP contribution in [0.2, 0.25) is 0 Å². The Morgan fingerprint density at radius 1 is 1.22 bits per heavy atom. The van der Waals surface area contributed by atoms with Crippen LogP contribution in [0.15, 0.2) is 40.8 Å². The van der Waals surface area contributed by atoms with Crippen molar-refractivity contribution in [2.24, 2.45) is 7.05 Å². The maximum Gasteiger partial charge on any atom is 0.176 e. The van der Waals surface area contributed by atoms with E-state index in [0.29, 0.717) is 5.88 Å². The Kier molecular flexibility index (Phi) is 3.64. The second-order valence-corrected chi connectivity index (χ2v) is 4.15. The van der Waals surface area contributed by atoms with Crippen LogP contribution in [0.4, 0.5) is 0 Å². The first-order chi connectivity index (χ1) is 8.29. The molecule has 3 nitrogen and oxygen atoms in total. The maximum absolute atomic E-state index is 5.73. The number of imidazole rings is 1. The van der Waals surface area contributed by atoms with Crippen LogP contribution in [-0.2, 0) is 12.9 Å². The van der Waals surface area contributed by atoms with Crippen LogP contribution in [0.1, 0.15) is 5.76 Å². The van der Waals surface area contributed by atoms with E-state index in [2.05, 4.69) is 4.98 Å². The van der Waals surface area contributed by atoms with E-state index < -0.39 is 0 Å². The summed E-state index contributed by atoms with van der Waals surface area (Å²) in [6, 6.07) is 11.8. The molecule has 0 N–H and O–H groups in total. The van der Waals surface area contributed by atoms with Gasteiger partial charge in [0.05, 0.1) is 16.9 Å². The lowest BCUT2D eigenvalue weighted by Gasteiger charge is -1.98. The predicted molar refractivity (Wildman–Crippen MR) is 75.2 cm³/mol. The molecule has 0 aliphatic carbocycles. The summed E-state index contributed by atoms with van der Waals surface area (Å²) in [5.41, 5.74) is 2.06. The molecule has 18 heavy (non-hydrogen) atoms. The van der Waals surface area contributed by atoms with Crippen LogP contribution < -0.4 is 0 Å². The van der Waals surface area contributed by atoms with E-state index in [1.807, 2.05) is 48.0 Å². The minimum absolute atomic E-state index is 0. The van der Waals surface area contributed by atoms with E-state index in [1.165, 1.54) is 0 Å². The zero-order chi connectivity index (χ0) is 11.8. The fourth-order valence-electron chi connectivity index (χ4n) is 1.94. The van der Waals surface area contributed by atoms with Gasteiger partial charge in [-0.15, -0.1) is 24.0 Å². The van der Waals surface area contributed by atoms with Gasteiger partial charge in [0.25, 0.3) is 0 Å². The number of nitrogens with zero attached hydrogens (tertiary/aromatic N) is 2. The van der Waals surface area contributed by atoms with Gasteiger partial charge in [0.1, 0.15) is 5.76 Å². The van der Waals surface area contributed by atoms with Crippen molar-refractivity contribution in [3.05, 3.63) is 42.2 Å². The summed E-state index contributed by atoms with van der Waals surface area (Å²) in [5.74, 6) is 2.71. The molecule has 1 aromatic carbocycles. The molecule has 3 aromatic rings. The number of aromatic nitrogens is 2. The van der Waals surface area contributed by atoms with Crippen LogP contribution in [0.3, 0.4) is 0 Å². The molecule has 0 saturated heterocycles. The summed E-state index contributed by atoms with van der Waals surface area (Å²) >= 11 is 5.73. The van der Waals surface area contributed by atoms with E-state index >= 15 is 0 Å². The van der Waals surface area contributed by atoms with Gasteiger partial charge in [0.2, 0.25) is 0 Å². The maximum atomic E-state index is 5.73. The summed E-state index contributed by atoms with van der Waals surface area (Å²) in [7, 11) is 1.98. The molecular weight excluding hydrogens is 271 g/mol. The van der Waals surface area contributed by atoms with Gasteiger partial charge in [0.15, 0.2) is 11.6 Å². The standard InChI is InChI=1S/C13H11ClN2O.ClH/c1-16-11-5-3-2-4-10(11)15-13(16)12-7-6-9(8-14)17-12;/h2-7H,8H2,1H3;1H. The monoisotopic (exact) mass is 282 g/mol. The molecule has 5 heteroatoms. The third-order valence-corrected chi connectivity index (χ3v) is 3.06. The molecule has 0 radical (unpaired) electrons. The van der Waals surface area contributed by atoms with Crippen molar-refractivity contribution in [3.8, 4) is 11.6 Å². The van der Waals surface area contributed by atoms with Crippen molar-refractivity contribution in [2.75, 3.05) is 0 Å². The molecule has 0 amide bonds. The molecule has 0 bridgehead atoms. The highest BCUT2D eigenvalue weighted by molar-refractivity contribution is 6.16. The van der Waals surface area contributed by atoms with Gasteiger partial charge >= 0.3 is 0 Å². The number of alkyl halides is 1. The Morgan fingerprint density at radius 2 is 2.00 bits per heavy atom. The molecule has 3 rings (SSSR count). The van der Waals surface area contributed by atoms with Crippen LogP contribution in [-0.4, -0.2) is 9.55 Å². The predicted octanol–water partition coefficient (Wildman–Crippen LogP) is 3.99. The van der Waals surface area contributed by atoms with E-state index in [9.17, 15) is 0 Å². The van der Waals surface area contributed by atoms with Crippen molar-refractivity contribution in [3.63, 3.8) is 0 Å². The Hall–Kier alpha value is -1.45. The number of halogens is 2. The summed E-state index contributed by atoms with van der Waals surface area (Å²) < 4.78 is 7.63. The number of aryl methyl sites for hydroxylation is 1. The van der Waals surface area contributed by atoms with E-state index in [-0.39, 0.29) is 12.4 Å². The van der Waals surface area contributed by atoms with Crippen molar-refractivity contribution >= 4 is 35.0 Å². The Bertz CT molecular complexity index is 672. The van der Waals surface area contributed by atoms with Gasteiger partial charge in [-0.3, -0.25) is 0 Å². The lowest BCUT2D eigenvalue weighted by atomic mass is 10.3. The SMILES string of the molecule is Cl.Cn1c(-c2ccc(CCl)o2)nc2ccccc21. The van der Waals surface area contributed by atoms with Gasteiger partial charge in [-0.05, 0) is 24.3 Å². The van der Waals surface area contributed by atoms with Crippen LogP contribution in [0, 0.1) is 0 Å². The molecule has 0 atom stereocenters. The van der Waals surface area contributed by atoms with Crippen molar-refractivity contribution in [2.45, 2.75) is 5.88 Å². The molecule has 0 spiro atoms. The number of rotatable bonds is 2. The summed E-state index contributed by atoms with van der Waals surface area (Å²) in [5, 5.41) is 0. The molecule has 2 aromatic heterocycles. The number of hydrogen-bond donors (Lipinski definition) is 0. The van der Waals surface area contributed by atoms with Crippen LogP contribution in [0.25, 0.3) is 22.6 Å². The highest BCUT2D eigenvalue weighted by Gasteiger charge is 2.12. The largest absolute Gasteiger partial charge is 0.457 e. The topological polar surface area (TPSA) is 31.0 Å². The second kappa shape index (κ2) is 5.04. The van der Waals surface area contributed by atoms with Gasteiger partial charge in [-0.2, -0.15) is 0 Å². The first-order valence-corrected chi connectivity index (χ1v) is 5.89. The Balaban J connectivity index is 0.00000120. The van der Waals surface area contributed by atoms with Gasteiger partial charge in [-0.1, -0.05) is 12.1 Å².